The molecule has 1 aromatic rings. The molecule has 0 aliphatic carbocycles. The summed E-state index contributed by atoms with van der Waals surface area (Å²) in [6.45, 7) is 7.77. The largest absolute Gasteiger partial charge is 0.493 e. The van der Waals surface area contributed by atoms with Crippen molar-refractivity contribution in [3.63, 3.8) is 0 Å². The first-order valence-electron chi connectivity index (χ1n) is 5.95. The van der Waals surface area contributed by atoms with Crippen LogP contribution in [-0.4, -0.2) is 26.0 Å². The van der Waals surface area contributed by atoms with E-state index in [1.165, 1.54) is 0 Å². The lowest BCUT2D eigenvalue weighted by molar-refractivity contribution is -0.150. The van der Waals surface area contributed by atoms with Crippen molar-refractivity contribution < 1.29 is 19.0 Å². The number of carbonyl (C=O) groups excluding carboxylic acids is 1. The molecule has 0 bridgehead atoms. The van der Waals surface area contributed by atoms with E-state index in [0.717, 1.165) is 5.75 Å². The van der Waals surface area contributed by atoms with Crippen LogP contribution >= 0.6 is 0 Å². The Bertz CT molecular complexity index is 411. The van der Waals surface area contributed by atoms with Crippen LogP contribution in [0.1, 0.15) is 6.42 Å². The molecule has 0 spiro atoms. The van der Waals surface area contributed by atoms with Gasteiger partial charge >= 0.3 is 5.97 Å². The molecule has 0 heterocycles. The van der Waals surface area contributed by atoms with Crippen molar-refractivity contribution in [2.75, 3.05) is 20.0 Å². The Hall–Kier alpha value is -2.07. The predicted molar refractivity (Wildman–Crippen MR) is 72.8 cm³/mol. The van der Waals surface area contributed by atoms with Crippen molar-refractivity contribution in [2.24, 2.45) is 0 Å². The van der Waals surface area contributed by atoms with E-state index in [1.807, 2.05) is 30.3 Å². The average molecular weight is 262 g/mol. The number of ether oxygens (including phenoxy) is 3. The zero-order valence-electron chi connectivity index (χ0n) is 10.8. The molecule has 0 saturated carbocycles. The van der Waals surface area contributed by atoms with Gasteiger partial charge in [-0.3, -0.25) is 0 Å². The van der Waals surface area contributed by atoms with Crippen molar-refractivity contribution in [3.8, 4) is 5.75 Å². The summed E-state index contributed by atoms with van der Waals surface area (Å²) in [5.41, 5.74) is 0.359. The zero-order chi connectivity index (χ0) is 13.9. The Morgan fingerprint density at radius 1 is 1.26 bits per heavy atom. The molecule has 0 amide bonds. The van der Waals surface area contributed by atoms with Crippen LogP contribution in [0.2, 0.25) is 0 Å². The molecule has 0 unspecified atom stereocenters. The molecular formula is C15H18O4. The summed E-state index contributed by atoms with van der Waals surface area (Å²) in [5.74, 6) is 0.290. The molecule has 0 aliphatic heterocycles. The van der Waals surface area contributed by atoms with Crippen LogP contribution in [0.4, 0.5) is 0 Å². The lowest BCUT2D eigenvalue weighted by atomic mass is 10.2. The SMILES string of the molecule is C=CCOCOC(=O)C(=C)CCOc1ccccc1. The van der Waals surface area contributed by atoms with Gasteiger partial charge in [-0.25, -0.2) is 4.79 Å². The highest BCUT2D eigenvalue weighted by Crippen LogP contribution is 2.10. The number of para-hydroxylation sites is 1. The summed E-state index contributed by atoms with van der Waals surface area (Å²) >= 11 is 0. The van der Waals surface area contributed by atoms with Gasteiger partial charge in [0.1, 0.15) is 5.75 Å². The minimum absolute atomic E-state index is 0.0938. The predicted octanol–water partition coefficient (Wildman–Crippen LogP) is 2.72. The molecule has 4 nitrogen and oxygen atoms in total. The van der Waals surface area contributed by atoms with Gasteiger partial charge in [-0.05, 0) is 12.1 Å². The maximum Gasteiger partial charge on any atom is 0.335 e. The monoisotopic (exact) mass is 262 g/mol. The van der Waals surface area contributed by atoms with E-state index in [2.05, 4.69) is 13.2 Å². The number of benzene rings is 1. The number of carbonyl (C=O) groups is 1. The molecule has 0 fully saturated rings. The number of hydrogen-bond donors (Lipinski definition) is 0. The van der Waals surface area contributed by atoms with Gasteiger partial charge in [0.2, 0.25) is 0 Å². The van der Waals surface area contributed by atoms with Crippen LogP contribution in [0.25, 0.3) is 0 Å². The maximum atomic E-state index is 11.5. The summed E-state index contributed by atoms with van der Waals surface area (Å²) in [5, 5.41) is 0. The highest BCUT2D eigenvalue weighted by Gasteiger charge is 2.08. The van der Waals surface area contributed by atoms with E-state index in [-0.39, 0.29) is 6.79 Å². The van der Waals surface area contributed by atoms with Crippen LogP contribution in [0.5, 0.6) is 5.75 Å². The molecule has 0 saturated heterocycles. The minimum atomic E-state index is -0.472. The van der Waals surface area contributed by atoms with Crippen molar-refractivity contribution >= 4 is 5.97 Å². The minimum Gasteiger partial charge on any atom is -0.493 e. The fourth-order valence-electron chi connectivity index (χ4n) is 1.24. The standard InChI is InChI=1S/C15H18O4/c1-3-10-17-12-19-15(16)13(2)9-11-18-14-7-5-4-6-8-14/h3-8H,1-2,9-12H2. The van der Waals surface area contributed by atoms with Gasteiger partial charge in [0, 0.05) is 12.0 Å². The molecule has 19 heavy (non-hydrogen) atoms. The molecular weight excluding hydrogens is 244 g/mol. The third-order valence-corrected chi connectivity index (χ3v) is 2.21. The van der Waals surface area contributed by atoms with Gasteiger partial charge in [0.05, 0.1) is 13.2 Å². The fraction of sp³-hybridized carbons (Fsp3) is 0.267. The van der Waals surface area contributed by atoms with Crippen LogP contribution < -0.4 is 4.74 Å². The smallest absolute Gasteiger partial charge is 0.335 e. The van der Waals surface area contributed by atoms with Gasteiger partial charge < -0.3 is 14.2 Å². The number of esters is 1. The van der Waals surface area contributed by atoms with Crippen LogP contribution in [-0.2, 0) is 14.3 Å². The summed E-state index contributed by atoms with van der Waals surface area (Å²) < 4.78 is 15.2. The lowest BCUT2D eigenvalue weighted by Crippen LogP contribution is -2.12. The summed E-state index contributed by atoms with van der Waals surface area (Å²) in [7, 11) is 0. The topological polar surface area (TPSA) is 44.8 Å². The normalized spacial score (nSPS) is 9.68. The maximum absolute atomic E-state index is 11.5. The van der Waals surface area contributed by atoms with Gasteiger partial charge in [-0.2, -0.15) is 0 Å². The molecule has 4 heteroatoms. The Labute approximate surface area is 113 Å². The highest BCUT2D eigenvalue weighted by atomic mass is 16.7. The molecule has 102 valence electrons. The van der Waals surface area contributed by atoms with Crippen molar-refractivity contribution in [1.29, 1.82) is 0 Å². The zero-order valence-corrected chi connectivity index (χ0v) is 10.8. The van der Waals surface area contributed by atoms with E-state index >= 15 is 0 Å². The average Bonchev–Trinajstić information content (AvgIpc) is 2.44. The summed E-state index contributed by atoms with van der Waals surface area (Å²) in [6, 6.07) is 9.38. The molecule has 0 aliphatic rings. The van der Waals surface area contributed by atoms with Crippen molar-refractivity contribution in [1.82, 2.24) is 0 Å². The number of hydrogen-bond acceptors (Lipinski definition) is 4. The third kappa shape index (κ3) is 6.43. The molecule has 1 rings (SSSR count). The van der Waals surface area contributed by atoms with Gasteiger partial charge in [-0.15, -0.1) is 6.58 Å². The van der Waals surface area contributed by atoms with Crippen LogP contribution in [0, 0.1) is 0 Å². The lowest BCUT2D eigenvalue weighted by Gasteiger charge is -2.08. The van der Waals surface area contributed by atoms with Crippen LogP contribution in [0.3, 0.4) is 0 Å². The second kappa shape index (κ2) is 8.94. The fourth-order valence-corrected chi connectivity index (χ4v) is 1.24. The second-order valence-corrected chi connectivity index (χ2v) is 3.72. The first kappa shape index (κ1) is 15.0. The van der Waals surface area contributed by atoms with E-state index in [9.17, 15) is 4.79 Å². The quantitative estimate of drug-likeness (QED) is 0.226. The first-order valence-corrected chi connectivity index (χ1v) is 5.95. The number of rotatable bonds is 9. The third-order valence-electron chi connectivity index (χ3n) is 2.21. The molecule has 0 atom stereocenters. The molecule has 0 N–H and O–H groups in total. The van der Waals surface area contributed by atoms with Crippen molar-refractivity contribution in [2.45, 2.75) is 6.42 Å². The highest BCUT2D eigenvalue weighted by molar-refractivity contribution is 5.87. The van der Waals surface area contributed by atoms with E-state index in [0.29, 0.717) is 25.2 Å². The molecule has 0 radical (unpaired) electrons. The van der Waals surface area contributed by atoms with Gasteiger partial charge in [0.15, 0.2) is 6.79 Å². The summed E-state index contributed by atoms with van der Waals surface area (Å²) in [4.78, 5) is 11.5. The molecule has 0 aromatic heterocycles. The Morgan fingerprint density at radius 2 is 2.00 bits per heavy atom. The Morgan fingerprint density at radius 3 is 2.68 bits per heavy atom. The van der Waals surface area contributed by atoms with Crippen molar-refractivity contribution in [3.05, 3.63) is 55.1 Å². The van der Waals surface area contributed by atoms with Gasteiger partial charge in [-0.1, -0.05) is 30.9 Å². The Balaban J connectivity index is 2.16. The van der Waals surface area contributed by atoms with Crippen LogP contribution in [0.15, 0.2) is 55.1 Å². The van der Waals surface area contributed by atoms with Gasteiger partial charge in [0.25, 0.3) is 0 Å². The first-order chi connectivity index (χ1) is 9.24. The second-order valence-electron chi connectivity index (χ2n) is 3.72. The summed E-state index contributed by atoms with van der Waals surface area (Å²) in [6.07, 6.45) is 1.99. The van der Waals surface area contributed by atoms with E-state index in [4.69, 9.17) is 14.2 Å². The molecule has 1 aromatic carbocycles. The van der Waals surface area contributed by atoms with E-state index in [1.54, 1.807) is 6.08 Å². The van der Waals surface area contributed by atoms with E-state index < -0.39 is 5.97 Å². The Kier molecular flexibility index (Phi) is 7.05.